The zero-order valence-corrected chi connectivity index (χ0v) is 27.1. The molecule has 0 radical (unpaired) electrons. The lowest BCUT2D eigenvalue weighted by atomic mass is 10.0. The van der Waals surface area contributed by atoms with Crippen molar-refractivity contribution in [3.05, 3.63) is 130 Å². The highest BCUT2D eigenvalue weighted by Gasteiger charge is 2.34. The third-order valence-corrected chi connectivity index (χ3v) is 9.71. The number of hydrogen-bond donors (Lipinski definition) is 1. The molecule has 2 amide bonds. The molecular weight excluding hydrogens is 617 g/mol. The maximum atomic E-state index is 14.4. The van der Waals surface area contributed by atoms with Gasteiger partial charge in [-0.1, -0.05) is 104 Å². The van der Waals surface area contributed by atoms with Gasteiger partial charge in [0.2, 0.25) is 11.8 Å². The summed E-state index contributed by atoms with van der Waals surface area (Å²) in [4.78, 5) is 29.2. The SMILES string of the molecule is CNC(=O)[C@@H](Cc1ccccc1)N(Cc1ccc(Cl)cc1Cl)C(=O)CN(c1ccc(C(C)C)cc1)S(=O)(=O)c1ccccc1. The van der Waals surface area contributed by atoms with Crippen LogP contribution in [0.25, 0.3) is 0 Å². The quantitative estimate of drug-likeness (QED) is 0.185. The molecule has 7 nitrogen and oxygen atoms in total. The summed E-state index contributed by atoms with van der Waals surface area (Å²) in [7, 11) is -2.67. The molecule has 44 heavy (non-hydrogen) atoms. The van der Waals surface area contributed by atoms with Crippen LogP contribution >= 0.6 is 23.2 Å². The number of halogens is 2. The first-order valence-electron chi connectivity index (χ1n) is 14.2. The number of amides is 2. The van der Waals surface area contributed by atoms with Crippen LogP contribution in [0.2, 0.25) is 10.0 Å². The molecule has 0 bridgehead atoms. The average Bonchev–Trinajstić information content (AvgIpc) is 3.02. The molecule has 0 aliphatic rings. The third-order valence-electron chi connectivity index (χ3n) is 7.33. The molecule has 10 heteroatoms. The first-order valence-corrected chi connectivity index (χ1v) is 16.4. The highest BCUT2D eigenvalue weighted by atomic mass is 35.5. The fourth-order valence-corrected chi connectivity index (χ4v) is 6.73. The van der Waals surface area contributed by atoms with Crippen LogP contribution in [-0.4, -0.2) is 44.8 Å². The molecule has 0 fully saturated rings. The maximum Gasteiger partial charge on any atom is 0.264 e. The van der Waals surface area contributed by atoms with Crippen LogP contribution in [0.4, 0.5) is 5.69 Å². The second-order valence-electron chi connectivity index (χ2n) is 10.6. The van der Waals surface area contributed by atoms with E-state index in [9.17, 15) is 18.0 Å². The Hall–Kier alpha value is -3.85. The number of rotatable bonds is 12. The number of hydrogen-bond acceptors (Lipinski definition) is 4. The summed E-state index contributed by atoms with van der Waals surface area (Å²) in [6, 6.07) is 28.3. The number of carbonyl (C=O) groups is 2. The maximum absolute atomic E-state index is 14.4. The molecule has 0 saturated heterocycles. The summed E-state index contributed by atoms with van der Waals surface area (Å²) in [6.45, 7) is 3.49. The van der Waals surface area contributed by atoms with Gasteiger partial charge in [0.1, 0.15) is 12.6 Å². The van der Waals surface area contributed by atoms with Crippen LogP contribution < -0.4 is 9.62 Å². The lowest BCUT2D eigenvalue weighted by molar-refractivity contribution is -0.139. The van der Waals surface area contributed by atoms with Gasteiger partial charge in [0, 0.05) is 30.1 Å². The summed E-state index contributed by atoms with van der Waals surface area (Å²) < 4.78 is 29.2. The van der Waals surface area contributed by atoms with E-state index in [0.717, 1.165) is 15.4 Å². The van der Waals surface area contributed by atoms with Gasteiger partial charge in [-0.15, -0.1) is 0 Å². The Balaban J connectivity index is 1.80. The van der Waals surface area contributed by atoms with Crippen molar-refractivity contribution in [3.63, 3.8) is 0 Å². The normalized spacial score (nSPS) is 12.0. The van der Waals surface area contributed by atoms with Gasteiger partial charge >= 0.3 is 0 Å². The third kappa shape index (κ3) is 8.00. The number of sulfonamides is 1. The van der Waals surface area contributed by atoms with Crippen LogP contribution in [-0.2, 0) is 32.6 Å². The van der Waals surface area contributed by atoms with Crippen molar-refractivity contribution < 1.29 is 18.0 Å². The summed E-state index contributed by atoms with van der Waals surface area (Å²) in [5, 5.41) is 3.42. The van der Waals surface area contributed by atoms with Gasteiger partial charge in [-0.25, -0.2) is 8.42 Å². The fourth-order valence-electron chi connectivity index (χ4n) is 4.83. The molecule has 0 aliphatic carbocycles. The Morgan fingerprint density at radius 1 is 0.841 bits per heavy atom. The molecule has 0 heterocycles. The Kier molecular flexibility index (Phi) is 11.1. The van der Waals surface area contributed by atoms with E-state index in [2.05, 4.69) is 5.32 Å². The second kappa shape index (κ2) is 14.8. The van der Waals surface area contributed by atoms with E-state index in [1.165, 1.54) is 24.1 Å². The summed E-state index contributed by atoms with van der Waals surface area (Å²) >= 11 is 12.7. The van der Waals surface area contributed by atoms with Crippen LogP contribution in [0.3, 0.4) is 0 Å². The Bertz CT molecular complexity index is 1680. The van der Waals surface area contributed by atoms with Crippen molar-refractivity contribution in [2.45, 2.75) is 43.7 Å². The molecular formula is C34H35Cl2N3O4S. The molecule has 230 valence electrons. The predicted molar refractivity (Wildman–Crippen MR) is 177 cm³/mol. The van der Waals surface area contributed by atoms with Crippen molar-refractivity contribution >= 4 is 50.7 Å². The van der Waals surface area contributed by atoms with Crippen LogP contribution in [0.1, 0.15) is 36.5 Å². The largest absolute Gasteiger partial charge is 0.357 e. The monoisotopic (exact) mass is 651 g/mol. The van der Waals surface area contributed by atoms with Crippen molar-refractivity contribution in [1.29, 1.82) is 0 Å². The van der Waals surface area contributed by atoms with E-state index in [1.54, 1.807) is 48.5 Å². The minimum Gasteiger partial charge on any atom is -0.357 e. The van der Waals surface area contributed by atoms with Gasteiger partial charge in [-0.05, 0) is 59.0 Å². The highest BCUT2D eigenvalue weighted by molar-refractivity contribution is 7.92. The Labute approximate surface area is 269 Å². The first-order chi connectivity index (χ1) is 21.0. The predicted octanol–water partition coefficient (Wildman–Crippen LogP) is 6.70. The van der Waals surface area contributed by atoms with Gasteiger partial charge in [-0.3, -0.25) is 13.9 Å². The first kappa shape index (κ1) is 33.1. The van der Waals surface area contributed by atoms with Crippen LogP contribution in [0, 0.1) is 0 Å². The number of nitrogens with one attached hydrogen (secondary N) is 1. The summed E-state index contributed by atoms with van der Waals surface area (Å²) in [6.07, 6.45) is 0.200. The molecule has 4 rings (SSSR count). The number of nitrogens with zero attached hydrogens (tertiary/aromatic N) is 2. The fraction of sp³-hybridized carbons (Fsp3) is 0.235. The van der Waals surface area contributed by atoms with E-state index in [0.29, 0.717) is 21.3 Å². The summed E-state index contributed by atoms with van der Waals surface area (Å²) in [5.74, 6) is -0.741. The molecule has 0 spiro atoms. The molecule has 1 N–H and O–H groups in total. The molecule has 4 aromatic carbocycles. The van der Waals surface area contributed by atoms with Crippen molar-refractivity contribution in [3.8, 4) is 0 Å². The van der Waals surface area contributed by atoms with Gasteiger partial charge in [-0.2, -0.15) is 0 Å². The molecule has 4 aromatic rings. The molecule has 0 saturated carbocycles. The molecule has 0 aliphatic heterocycles. The summed E-state index contributed by atoms with van der Waals surface area (Å²) in [5.41, 5.74) is 2.75. The second-order valence-corrected chi connectivity index (χ2v) is 13.4. The zero-order valence-electron chi connectivity index (χ0n) is 24.8. The smallest absolute Gasteiger partial charge is 0.264 e. The molecule has 1 atom stereocenters. The van der Waals surface area contributed by atoms with E-state index < -0.39 is 34.4 Å². The highest BCUT2D eigenvalue weighted by Crippen LogP contribution is 2.28. The average molecular weight is 653 g/mol. The molecule has 0 aromatic heterocycles. The van der Waals surface area contributed by atoms with Crippen molar-refractivity contribution in [2.24, 2.45) is 0 Å². The van der Waals surface area contributed by atoms with Gasteiger partial charge < -0.3 is 10.2 Å². The lowest BCUT2D eigenvalue weighted by Crippen LogP contribution is -2.53. The Morgan fingerprint density at radius 3 is 2.02 bits per heavy atom. The minimum atomic E-state index is -4.17. The number of likely N-dealkylation sites (N-methyl/N-ethyl adjacent to an activating group) is 1. The van der Waals surface area contributed by atoms with E-state index >= 15 is 0 Å². The van der Waals surface area contributed by atoms with Gasteiger partial charge in [0.05, 0.1) is 10.6 Å². The number of carbonyl (C=O) groups excluding carboxylic acids is 2. The minimum absolute atomic E-state index is 0.0418. The van der Waals surface area contributed by atoms with Gasteiger partial charge in [0.15, 0.2) is 0 Å². The van der Waals surface area contributed by atoms with Gasteiger partial charge in [0.25, 0.3) is 10.0 Å². The number of benzene rings is 4. The zero-order chi connectivity index (χ0) is 31.9. The van der Waals surface area contributed by atoms with Crippen LogP contribution in [0.5, 0.6) is 0 Å². The lowest BCUT2D eigenvalue weighted by Gasteiger charge is -2.34. The van der Waals surface area contributed by atoms with E-state index in [-0.39, 0.29) is 23.8 Å². The standard InChI is InChI=1S/C34H35Cl2N3O4S/c1-24(2)26-15-18-29(19-16-26)39(44(42,43)30-12-8-5-9-13-30)23-33(40)38(22-27-14-17-28(35)21-31(27)36)32(34(41)37-3)20-25-10-6-4-7-11-25/h4-19,21,24,32H,20,22-23H2,1-3H3,(H,37,41)/t32-/m1/s1. The molecule has 0 unspecified atom stereocenters. The number of anilines is 1. The van der Waals surface area contributed by atoms with E-state index in [4.69, 9.17) is 23.2 Å². The van der Waals surface area contributed by atoms with Crippen molar-refractivity contribution in [1.82, 2.24) is 10.2 Å². The van der Waals surface area contributed by atoms with E-state index in [1.807, 2.05) is 56.3 Å². The topological polar surface area (TPSA) is 86.8 Å². The Morgan fingerprint density at radius 2 is 1.45 bits per heavy atom. The van der Waals surface area contributed by atoms with Crippen molar-refractivity contribution in [2.75, 3.05) is 17.9 Å². The van der Waals surface area contributed by atoms with Crippen LogP contribution in [0.15, 0.2) is 108 Å².